The smallest absolute Gasteiger partial charge is 0.261 e. The lowest BCUT2D eigenvalue weighted by molar-refractivity contribution is -0.143. The summed E-state index contributed by atoms with van der Waals surface area (Å²) < 4.78 is 5.73. The van der Waals surface area contributed by atoms with Gasteiger partial charge >= 0.3 is 0 Å². The number of carbonyl (C=O) groups is 2. The molecule has 0 aliphatic rings. The zero-order valence-electron chi connectivity index (χ0n) is 20.7. The summed E-state index contributed by atoms with van der Waals surface area (Å²) in [6, 6.07) is 18.4. The van der Waals surface area contributed by atoms with Gasteiger partial charge in [0.05, 0.1) is 5.02 Å². The van der Waals surface area contributed by atoms with Crippen LogP contribution in [0.4, 0.5) is 0 Å². The van der Waals surface area contributed by atoms with Crippen molar-refractivity contribution in [3.8, 4) is 5.75 Å². The summed E-state index contributed by atoms with van der Waals surface area (Å²) >= 11 is 25.1. The Morgan fingerprint density at radius 2 is 1.54 bits per heavy atom. The minimum atomic E-state index is -0.870. The van der Waals surface area contributed by atoms with Crippen LogP contribution in [0.15, 0.2) is 66.7 Å². The van der Waals surface area contributed by atoms with Crippen molar-refractivity contribution in [3.05, 3.63) is 97.9 Å². The molecule has 0 saturated heterocycles. The molecule has 0 unspecified atom stereocenters. The van der Waals surface area contributed by atoms with Gasteiger partial charge in [-0.05, 0) is 56.7 Å². The summed E-state index contributed by atoms with van der Waals surface area (Å²) in [7, 11) is 0. The number of ether oxygens (including phenoxy) is 1. The largest absolute Gasteiger partial charge is 0.482 e. The molecule has 0 radical (unpaired) electrons. The highest BCUT2D eigenvalue weighted by Gasteiger charge is 2.33. The van der Waals surface area contributed by atoms with Gasteiger partial charge in [-0.2, -0.15) is 0 Å². The van der Waals surface area contributed by atoms with E-state index in [1.165, 1.54) is 11.0 Å². The Morgan fingerprint density at radius 1 is 0.892 bits per heavy atom. The minimum Gasteiger partial charge on any atom is -0.482 e. The third kappa shape index (κ3) is 8.54. The molecule has 5 nitrogen and oxygen atoms in total. The van der Waals surface area contributed by atoms with Crippen LogP contribution in [-0.4, -0.2) is 34.9 Å². The Morgan fingerprint density at radius 3 is 2.14 bits per heavy atom. The second-order valence-electron chi connectivity index (χ2n) is 9.53. The number of rotatable bonds is 9. The molecule has 1 atom stereocenters. The fourth-order valence-electron chi connectivity index (χ4n) is 3.68. The lowest BCUT2D eigenvalue weighted by atomic mass is 10.0. The second-order valence-corrected chi connectivity index (χ2v) is 11.2. The molecule has 1 N–H and O–H groups in total. The zero-order chi connectivity index (χ0) is 27.2. The van der Waals surface area contributed by atoms with Crippen LogP contribution < -0.4 is 10.1 Å². The van der Waals surface area contributed by atoms with Crippen molar-refractivity contribution in [1.29, 1.82) is 0 Å². The molecular weight excluding hydrogens is 554 g/mol. The first-order valence-corrected chi connectivity index (χ1v) is 13.1. The van der Waals surface area contributed by atoms with Crippen LogP contribution >= 0.6 is 46.4 Å². The van der Waals surface area contributed by atoms with Gasteiger partial charge in [0.1, 0.15) is 11.8 Å². The predicted molar refractivity (Wildman–Crippen MR) is 151 cm³/mol. The van der Waals surface area contributed by atoms with Crippen LogP contribution in [0.1, 0.15) is 31.9 Å². The predicted octanol–water partition coefficient (Wildman–Crippen LogP) is 7.23. The van der Waals surface area contributed by atoms with Crippen molar-refractivity contribution < 1.29 is 14.3 Å². The maximum atomic E-state index is 13.7. The highest BCUT2D eigenvalue weighted by Crippen LogP contribution is 2.29. The number of nitrogens with zero attached hydrogens (tertiary/aromatic N) is 1. The van der Waals surface area contributed by atoms with Crippen molar-refractivity contribution in [2.75, 3.05) is 6.61 Å². The number of nitrogens with one attached hydrogen (secondary N) is 1. The van der Waals surface area contributed by atoms with E-state index >= 15 is 0 Å². The zero-order valence-corrected chi connectivity index (χ0v) is 23.8. The minimum absolute atomic E-state index is 0.00408. The Kier molecular flexibility index (Phi) is 10.1. The van der Waals surface area contributed by atoms with Gasteiger partial charge in [0, 0.05) is 39.1 Å². The number of hydrogen-bond acceptors (Lipinski definition) is 3. The molecule has 0 aliphatic carbocycles. The molecule has 0 aliphatic heterocycles. The summed E-state index contributed by atoms with van der Waals surface area (Å²) in [5.41, 5.74) is 0.905. The van der Waals surface area contributed by atoms with Gasteiger partial charge < -0.3 is 15.0 Å². The first-order chi connectivity index (χ1) is 17.4. The Balaban J connectivity index is 1.99. The van der Waals surface area contributed by atoms with E-state index in [4.69, 9.17) is 51.1 Å². The second kappa shape index (κ2) is 12.9. The normalized spacial score (nSPS) is 12.1. The molecule has 0 saturated carbocycles. The molecule has 3 aromatic carbocycles. The molecule has 9 heteroatoms. The number of carbonyl (C=O) groups excluding carboxylic acids is 2. The van der Waals surface area contributed by atoms with Gasteiger partial charge in [0.2, 0.25) is 5.91 Å². The summed E-state index contributed by atoms with van der Waals surface area (Å²) in [6.07, 6.45) is 0.276. The Hall–Kier alpha value is -2.44. The van der Waals surface area contributed by atoms with E-state index in [9.17, 15) is 9.59 Å². The fraction of sp³-hybridized carbons (Fsp3) is 0.286. The summed E-state index contributed by atoms with van der Waals surface area (Å²) in [6.45, 7) is 5.29. The summed E-state index contributed by atoms with van der Waals surface area (Å²) in [5, 5.41) is 4.50. The number of benzene rings is 3. The average Bonchev–Trinajstić information content (AvgIpc) is 2.81. The molecule has 0 aromatic heterocycles. The Labute approximate surface area is 237 Å². The van der Waals surface area contributed by atoms with E-state index in [2.05, 4.69) is 5.32 Å². The van der Waals surface area contributed by atoms with Crippen LogP contribution in [0.5, 0.6) is 5.75 Å². The molecule has 2 amide bonds. The number of halogens is 4. The molecule has 3 rings (SSSR count). The molecule has 0 bridgehead atoms. The summed E-state index contributed by atoms with van der Waals surface area (Å²) in [5.74, 6) is -0.446. The summed E-state index contributed by atoms with van der Waals surface area (Å²) in [4.78, 5) is 28.7. The van der Waals surface area contributed by atoms with Crippen LogP contribution in [0.25, 0.3) is 0 Å². The van der Waals surface area contributed by atoms with Crippen molar-refractivity contribution in [1.82, 2.24) is 10.2 Å². The van der Waals surface area contributed by atoms with E-state index in [-0.39, 0.29) is 30.5 Å². The SMILES string of the molecule is CC(C)(C)NC(=O)[C@H](Cc1ccccc1)N(Cc1c(Cl)cccc1Cl)C(=O)COc1ccc(Cl)cc1Cl. The Bertz CT molecular complexity index is 1230. The molecule has 0 spiro atoms. The van der Waals surface area contributed by atoms with E-state index < -0.39 is 17.5 Å². The van der Waals surface area contributed by atoms with Crippen LogP contribution in [0.2, 0.25) is 20.1 Å². The monoisotopic (exact) mass is 580 g/mol. The van der Waals surface area contributed by atoms with Crippen molar-refractivity contribution in [2.24, 2.45) is 0 Å². The van der Waals surface area contributed by atoms with Crippen LogP contribution in [0, 0.1) is 0 Å². The third-order valence-electron chi connectivity index (χ3n) is 5.40. The maximum absolute atomic E-state index is 13.7. The average molecular weight is 582 g/mol. The van der Waals surface area contributed by atoms with Crippen molar-refractivity contribution in [3.63, 3.8) is 0 Å². The van der Waals surface area contributed by atoms with E-state index in [1.807, 2.05) is 51.1 Å². The highest BCUT2D eigenvalue weighted by molar-refractivity contribution is 6.36. The first kappa shape index (κ1) is 29.1. The van der Waals surface area contributed by atoms with Gasteiger partial charge in [0.15, 0.2) is 6.61 Å². The van der Waals surface area contributed by atoms with Crippen LogP contribution in [0.3, 0.4) is 0 Å². The molecule has 0 fully saturated rings. The van der Waals surface area contributed by atoms with Gasteiger partial charge in [-0.3, -0.25) is 9.59 Å². The lowest BCUT2D eigenvalue weighted by Gasteiger charge is -2.34. The maximum Gasteiger partial charge on any atom is 0.261 e. The quantitative estimate of drug-likeness (QED) is 0.290. The van der Waals surface area contributed by atoms with E-state index in [1.54, 1.807) is 30.3 Å². The third-order valence-corrected chi connectivity index (χ3v) is 6.64. The first-order valence-electron chi connectivity index (χ1n) is 11.6. The fourth-order valence-corrected chi connectivity index (χ4v) is 4.66. The van der Waals surface area contributed by atoms with Gasteiger partial charge in [-0.25, -0.2) is 0 Å². The highest BCUT2D eigenvalue weighted by atomic mass is 35.5. The molecule has 37 heavy (non-hydrogen) atoms. The van der Waals surface area contributed by atoms with Crippen LogP contribution in [-0.2, 0) is 22.6 Å². The molecule has 196 valence electrons. The van der Waals surface area contributed by atoms with Crippen molar-refractivity contribution >= 4 is 58.2 Å². The lowest BCUT2D eigenvalue weighted by Crippen LogP contribution is -2.55. The van der Waals surface area contributed by atoms with Gasteiger partial charge in [-0.1, -0.05) is 82.8 Å². The van der Waals surface area contributed by atoms with Gasteiger partial charge in [0.25, 0.3) is 5.91 Å². The standard InChI is InChI=1S/C28H28Cl4N2O3/c1-28(2,3)33-27(36)24(14-18-8-5-4-6-9-18)34(16-20-21(30)10-7-11-22(20)31)26(35)17-37-25-13-12-19(29)15-23(25)32/h4-13,15,24H,14,16-17H2,1-3H3,(H,33,36)/t24-/m0/s1. The number of hydrogen-bond donors (Lipinski definition) is 1. The molecular formula is C28H28Cl4N2O3. The van der Waals surface area contributed by atoms with E-state index in [0.717, 1.165) is 5.56 Å². The number of amides is 2. The van der Waals surface area contributed by atoms with Gasteiger partial charge in [-0.15, -0.1) is 0 Å². The topological polar surface area (TPSA) is 58.6 Å². The van der Waals surface area contributed by atoms with E-state index in [0.29, 0.717) is 26.4 Å². The van der Waals surface area contributed by atoms with Crippen molar-refractivity contribution in [2.45, 2.75) is 45.3 Å². The molecule has 3 aromatic rings. The molecule has 0 heterocycles.